The van der Waals surface area contributed by atoms with Gasteiger partial charge in [0.05, 0.1) is 7.11 Å². The summed E-state index contributed by atoms with van der Waals surface area (Å²) >= 11 is 0. The highest BCUT2D eigenvalue weighted by Crippen LogP contribution is 2.26. The van der Waals surface area contributed by atoms with Crippen molar-refractivity contribution in [3.63, 3.8) is 0 Å². The van der Waals surface area contributed by atoms with Crippen LogP contribution in [-0.4, -0.2) is 40.9 Å². The molecule has 0 saturated carbocycles. The largest absolute Gasteiger partial charge is 0.467 e. The molecule has 7 nitrogen and oxygen atoms in total. The second-order valence-electron chi connectivity index (χ2n) is 6.38. The van der Waals surface area contributed by atoms with Gasteiger partial charge in [-0.1, -0.05) is 18.2 Å². The Balaban J connectivity index is 2.27. The number of hydrogen-bond donors (Lipinski definition) is 3. The number of para-hydroxylation sites is 1. The Morgan fingerprint density at radius 1 is 1.25 bits per heavy atom. The quantitative estimate of drug-likeness (QED) is 0.745. The molecule has 0 spiro atoms. The highest BCUT2D eigenvalue weighted by atomic mass is 16.6. The lowest BCUT2D eigenvalue weighted by Gasteiger charge is -2.25. The number of nitrogens with one attached hydrogen (secondary N) is 2. The summed E-state index contributed by atoms with van der Waals surface area (Å²) in [7, 11) is 1.19. The molecule has 0 bridgehead atoms. The molecule has 0 saturated heterocycles. The molecule has 2 aromatic rings. The number of ether oxygens (including phenoxy) is 2. The van der Waals surface area contributed by atoms with Gasteiger partial charge in [-0.2, -0.15) is 0 Å². The monoisotopic (exact) mass is 334 g/mol. The van der Waals surface area contributed by atoms with E-state index in [-0.39, 0.29) is 0 Å². The topological polar surface area (TPSA) is 101 Å². The van der Waals surface area contributed by atoms with Gasteiger partial charge in [0.15, 0.2) is 6.04 Å². The number of H-pyrrole nitrogens is 1. The first-order valence-electron chi connectivity index (χ1n) is 7.54. The normalized spacial score (nSPS) is 14.0. The molecule has 0 aliphatic carbocycles. The van der Waals surface area contributed by atoms with Crippen molar-refractivity contribution in [2.75, 3.05) is 7.11 Å². The Labute approximate surface area is 140 Å². The second kappa shape index (κ2) is 6.92. The number of aliphatic hydroxyl groups is 1. The zero-order valence-corrected chi connectivity index (χ0v) is 14.1. The number of aromatic nitrogens is 1. The van der Waals surface area contributed by atoms with E-state index < -0.39 is 29.8 Å². The predicted molar refractivity (Wildman–Crippen MR) is 88.4 cm³/mol. The van der Waals surface area contributed by atoms with Gasteiger partial charge in [-0.15, -0.1) is 0 Å². The van der Waals surface area contributed by atoms with Crippen LogP contribution < -0.4 is 5.32 Å². The number of fused-ring (bicyclic) bond motifs is 1. The fraction of sp³-hybridized carbons (Fsp3) is 0.412. The van der Waals surface area contributed by atoms with Crippen molar-refractivity contribution in [2.24, 2.45) is 0 Å². The number of aliphatic hydroxyl groups excluding tert-OH is 1. The molecule has 130 valence electrons. The van der Waals surface area contributed by atoms with Crippen LogP contribution in [0.1, 0.15) is 32.4 Å². The molecule has 2 unspecified atom stereocenters. The first kappa shape index (κ1) is 17.8. The fourth-order valence-corrected chi connectivity index (χ4v) is 2.35. The van der Waals surface area contributed by atoms with Crippen molar-refractivity contribution < 1.29 is 24.2 Å². The molecular weight excluding hydrogens is 312 g/mol. The number of rotatable bonds is 4. The minimum atomic E-state index is -1.29. The van der Waals surface area contributed by atoms with E-state index in [1.54, 1.807) is 27.0 Å². The van der Waals surface area contributed by atoms with E-state index in [9.17, 15) is 14.7 Å². The zero-order chi connectivity index (χ0) is 17.9. The van der Waals surface area contributed by atoms with Gasteiger partial charge < -0.3 is 24.9 Å². The van der Waals surface area contributed by atoms with Gasteiger partial charge in [-0.25, -0.2) is 9.59 Å². The number of hydrogen-bond acceptors (Lipinski definition) is 5. The molecule has 7 heteroatoms. The van der Waals surface area contributed by atoms with Crippen LogP contribution in [0.25, 0.3) is 10.9 Å². The Hall–Kier alpha value is -2.54. The van der Waals surface area contributed by atoms with Crippen molar-refractivity contribution in [2.45, 2.75) is 38.5 Å². The molecule has 0 aliphatic heterocycles. The van der Waals surface area contributed by atoms with E-state index in [0.717, 1.165) is 10.9 Å². The third-order valence-corrected chi connectivity index (χ3v) is 3.38. The van der Waals surface area contributed by atoms with Gasteiger partial charge >= 0.3 is 12.1 Å². The van der Waals surface area contributed by atoms with E-state index in [1.807, 2.05) is 24.3 Å². The minimum Gasteiger partial charge on any atom is -0.467 e. The lowest BCUT2D eigenvalue weighted by atomic mass is 10.0. The Kier molecular flexibility index (Phi) is 5.14. The Bertz CT molecular complexity index is 732. The van der Waals surface area contributed by atoms with Gasteiger partial charge in [0.2, 0.25) is 0 Å². The number of alkyl carbamates (subject to hydrolysis) is 1. The van der Waals surface area contributed by atoms with E-state index in [2.05, 4.69) is 10.3 Å². The summed E-state index contributed by atoms with van der Waals surface area (Å²) in [5.41, 5.74) is 0.570. The first-order valence-corrected chi connectivity index (χ1v) is 7.54. The van der Waals surface area contributed by atoms with Crippen molar-refractivity contribution >= 4 is 23.0 Å². The number of methoxy groups -OCH3 is 1. The Morgan fingerprint density at radius 2 is 1.92 bits per heavy atom. The fourth-order valence-electron chi connectivity index (χ4n) is 2.35. The predicted octanol–water partition coefficient (Wildman–Crippen LogP) is 2.27. The Morgan fingerprint density at radius 3 is 2.54 bits per heavy atom. The highest BCUT2D eigenvalue weighted by Gasteiger charge is 2.33. The zero-order valence-electron chi connectivity index (χ0n) is 14.1. The summed E-state index contributed by atoms with van der Waals surface area (Å²) in [5, 5.41) is 13.8. The van der Waals surface area contributed by atoms with Crippen LogP contribution in [0.3, 0.4) is 0 Å². The third-order valence-electron chi connectivity index (χ3n) is 3.38. The lowest BCUT2D eigenvalue weighted by molar-refractivity contribution is -0.146. The number of carbonyl (C=O) groups is 2. The lowest BCUT2D eigenvalue weighted by Crippen LogP contribution is -2.47. The molecule has 0 aliphatic rings. The molecule has 1 aromatic carbocycles. The van der Waals surface area contributed by atoms with E-state index in [0.29, 0.717) is 5.56 Å². The van der Waals surface area contributed by atoms with Crippen LogP contribution >= 0.6 is 0 Å². The first-order chi connectivity index (χ1) is 11.2. The molecule has 1 heterocycles. The average Bonchev–Trinajstić information content (AvgIpc) is 2.93. The maximum absolute atomic E-state index is 12.0. The van der Waals surface area contributed by atoms with Crippen LogP contribution in [-0.2, 0) is 14.3 Å². The number of carbonyl (C=O) groups excluding carboxylic acids is 2. The molecule has 1 amide bonds. The van der Waals surface area contributed by atoms with Crippen molar-refractivity contribution in [3.8, 4) is 0 Å². The summed E-state index contributed by atoms with van der Waals surface area (Å²) in [6.07, 6.45) is -0.500. The van der Waals surface area contributed by atoms with Crippen molar-refractivity contribution in [1.29, 1.82) is 0 Å². The average molecular weight is 334 g/mol. The molecule has 2 atom stereocenters. The van der Waals surface area contributed by atoms with Crippen molar-refractivity contribution in [1.82, 2.24) is 10.3 Å². The molecular formula is C17H22N2O5. The maximum Gasteiger partial charge on any atom is 0.408 e. The smallest absolute Gasteiger partial charge is 0.408 e. The summed E-state index contributed by atoms with van der Waals surface area (Å²) in [6.45, 7) is 5.11. The summed E-state index contributed by atoms with van der Waals surface area (Å²) in [4.78, 5) is 27.0. The number of amides is 1. The molecule has 0 radical (unpaired) electrons. The maximum atomic E-state index is 12.0. The van der Waals surface area contributed by atoms with Gasteiger partial charge in [0.1, 0.15) is 11.7 Å². The number of esters is 1. The second-order valence-corrected chi connectivity index (χ2v) is 6.38. The summed E-state index contributed by atoms with van der Waals surface area (Å²) in [5.74, 6) is -0.765. The molecule has 24 heavy (non-hydrogen) atoms. The van der Waals surface area contributed by atoms with Gasteiger partial charge in [-0.3, -0.25) is 0 Å². The molecule has 0 fully saturated rings. The van der Waals surface area contributed by atoms with Gasteiger partial charge in [0.25, 0.3) is 0 Å². The minimum absolute atomic E-state index is 0.483. The van der Waals surface area contributed by atoms with E-state index in [1.165, 1.54) is 7.11 Å². The third kappa shape index (κ3) is 4.05. The van der Waals surface area contributed by atoms with Gasteiger partial charge in [0, 0.05) is 22.7 Å². The standard InChI is InChI=1S/C17H22N2O5/c1-17(2,3)24-16(22)19-13(15(21)23-4)14(20)11-9-18-12-8-6-5-7-10(11)12/h5-9,13-14,18,20H,1-4H3,(H,19,22). The highest BCUT2D eigenvalue weighted by molar-refractivity contribution is 5.86. The van der Waals surface area contributed by atoms with Crippen LogP contribution in [0.2, 0.25) is 0 Å². The van der Waals surface area contributed by atoms with Gasteiger partial charge in [-0.05, 0) is 26.8 Å². The number of aromatic amines is 1. The SMILES string of the molecule is COC(=O)C(NC(=O)OC(C)(C)C)C(O)c1c[nH]c2ccccc12. The molecule has 1 aromatic heterocycles. The van der Waals surface area contributed by atoms with Crippen molar-refractivity contribution in [3.05, 3.63) is 36.0 Å². The van der Waals surface area contributed by atoms with Crippen LogP contribution in [0.15, 0.2) is 30.5 Å². The summed E-state index contributed by atoms with van der Waals surface area (Å²) in [6, 6.07) is 6.04. The molecule has 2 rings (SSSR count). The van der Waals surface area contributed by atoms with E-state index >= 15 is 0 Å². The molecule has 3 N–H and O–H groups in total. The van der Waals surface area contributed by atoms with Crippen LogP contribution in [0.4, 0.5) is 4.79 Å². The van der Waals surface area contributed by atoms with Crippen LogP contribution in [0.5, 0.6) is 0 Å². The summed E-state index contributed by atoms with van der Waals surface area (Å²) < 4.78 is 9.84. The van der Waals surface area contributed by atoms with Crippen LogP contribution in [0, 0.1) is 0 Å². The van der Waals surface area contributed by atoms with E-state index in [4.69, 9.17) is 9.47 Å². The number of benzene rings is 1.